The highest BCUT2D eigenvalue weighted by Gasteiger charge is 2.36. The van der Waals surface area contributed by atoms with E-state index < -0.39 is 17.7 Å². The SMILES string of the molecule is CCCCc1ccc2c(C3Cc4ccccc4C3=O)cc(C(F)(F)F)cc2c1. The molecule has 0 saturated carbocycles. The number of carbonyl (C=O) groups is 1. The maximum Gasteiger partial charge on any atom is 0.416 e. The van der Waals surface area contributed by atoms with Gasteiger partial charge in [-0.15, -0.1) is 0 Å². The van der Waals surface area contributed by atoms with E-state index in [9.17, 15) is 18.0 Å². The second-order valence-corrected chi connectivity index (χ2v) is 7.50. The van der Waals surface area contributed by atoms with Gasteiger partial charge in [0.25, 0.3) is 0 Å². The van der Waals surface area contributed by atoms with E-state index in [4.69, 9.17) is 0 Å². The number of rotatable bonds is 4. The molecule has 1 unspecified atom stereocenters. The van der Waals surface area contributed by atoms with Crippen LogP contribution in [-0.4, -0.2) is 5.78 Å². The molecule has 0 spiro atoms. The Kier molecular flexibility index (Phi) is 4.74. The third-order valence-electron chi connectivity index (χ3n) is 5.59. The standard InChI is InChI=1S/C24H21F3O/c1-2-3-6-15-9-10-19-17(11-15)12-18(24(25,26)27)14-21(19)22-13-16-7-4-5-8-20(16)23(22)28/h4-5,7-12,14,22H,2-3,6,13H2,1H3. The van der Waals surface area contributed by atoms with Gasteiger partial charge < -0.3 is 0 Å². The van der Waals surface area contributed by atoms with Crippen molar-refractivity contribution in [2.24, 2.45) is 0 Å². The summed E-state index contributed by atoms with van der Waals surface area (Å²) in [5.74, 6) is -0.657. The van der Waals surface area contributed by atoms with Crippen LogP contribution in [0.4, 0.5) is 13.2 Å². The zero-order valence-electron chi connectivity index (χ0n) is 15.6. The fourth-order valence-electron chi connectivity index (χ4n) is 4.13. The summed E-state index contributed by atoms with van der Waals surface area (Å²) in [5.41, 5.74) is 2.35. The molecule has 4 rings (SSSR count). The minimum Gasteiger partial charge on any atom is -0.293 e. The van der Waals surface area contributed by atoms with Gasteiger partial charge in [-0.3, -0.25) is 4.79 Å². The largest absolute Gasteiger partial charge is 0.416 e. The Labute approximate surface area is 162 Å². The van der Waals surface area contributed by atoms with Crippen LogP contribution in [0.3, 0.4) is 0 Å². The van der Waals surface area contributed by atoms with Crippen LogP contribution in [0.25, 0.3) is 10.8 Å². The first-order valence-electron chi connectivity index (χ1n) is 9.64. The van der Waals surface area contributed by atoms with E-state index in [1.54, 1.807) is 12.1 Å². The average Bonchev–Trinajstić information content (AvgIpc) is 3.01. The highest BCUT2D eigenvalue weighted by Crippen LogP contribution is 2.41. The highest BCUT2D eigenvalue weighted by molar-refractivity contribution is 6.07. The molecule has 4 heteroatoms. The first kappa shape index (κ1) is 18.7. The van der Waals surface area contributed by atoms with Crippen molar-refractivity contribution in [2.75, 3.05) is 0 Å². The van der Waals surface area contributed by atoms with Gasteiger partial charge in [-0.2, -0.15) is 13.2 Å². The molecule has 3 aromatic carbocycles. The normalized spacial score (nSPS) is 16.6. The summed E-state index contributed by atoms with van der Waals surface area (Å²) in [4.78, 5) is 12.9. The number of alkyl halides is 3. The number of hydrogen-bond donors (Lipinski definition) is 0. The number of benzene rings is 3. The van der Waals surface area contributed by atoms with Gasteiger partial charge in [0.1, 0.15) is 0 Å². The molecule has 1 aliphatic rings. The summed E-state index contributed by atoms with van der Waals surface area (Å²) in [6, 6.07) is 15.4. The summed E-state index contributed by atoms with van der Waals surface area (Å²) >= 11 is 0. The number of unbranched alkanes of at least 4 members (excludes halogenated alkanes) is 1. The molecule has 0 aromatic heterocycles. The Bertz CT molecular complexity index is 1050. The molecule has 0 fully saturated rings. The zero-order chi connectivity index (χ0) is 19.9. The lowest BCUT2D eigenvalue weighted by molar-refractivity contribution is -0.137. The minimum absolute atomic E-state index is 0.0914. The van der Waals surface area contributed by atoms with Crippen LogP contribution in [0.1, 0.15) is 58.3 Å². The molecule has 28 heavy (non-hydrogen) atoms. The van der Waals surface area contributed by atoms with Crippen molar-refractivity contribution in [3.05, 3.63) is 82.4 Å². The van der Waals surface area contributed by atoms with Gasteiger partial charge in [-0.05, 0) is 58.9 Å². The van der Waals surface area contributed by atoms with Gasteiger partial charge in [-0.1, -0.05) is 55.8 Å². The maximum atomic E-state index is 13.6. The molecule has 0 aliphatic heterocycles. The Morgan fingerprint density at radius 1 is 1.04 bits per heavy atom. The highest BCUT2D eigenvalue weighted by atomic mass is 19.4. The van der Waals surface area contributed by atoms with E-state index in [-0.39, 0.29) is 5.78 Å². The molecule has 1 aliphatic carbocycles. The zero-order valence-corrected chi connectivity index (χ0v) is 15.6. The number of aryl methyl sites for hydroxylation is 1. The van der Waals surface area contributed by atoms with Gasteiger partial charge in [-0.25, -0.2) is 0 Å². The van der Waals surface area contributed by atoms with Crippen LogP contribution in [0.2, 0.25) is 0 Å². The summed E-state index contributed by atoms with van der Waals surface area (Å²) in [6.07, 6.45) is -1.14. The third-order valence-corrected chi connectivity index (χ3v) is 5.59. The van der Waals surface area contributed by atoms with Crippen molar-refractivity contribution in [2.45, 2.75) is 44.7 Å². The molecule has 0 amide bonds. The number of carbonyl (C=O) groups excluding carboxylic acids is 1. The topological polar surface area (TPSA) is 17.1 Å². The van der Waals surface area contributed by atoms with Crippen molar-refractivity contribution < 1.29 is 18.0 Å². The average molecular weight is 382 g/mol. The summed E-state index contributed by atoms with van der Waals surface area (Å²) in [5, 5.41) is 1.29. The first-order valence-corrected chi connectivity index (χ1v) is 9.64. The fraction of sp³-hybridized carbons (Fsp3) is 0.292. The van der Waals surface area contributed by atoms with Gasteiger partial charge in [0, 0.05) is 5.56 Å². The summed E-state index contributed by atoms with van der Waals surface area (Å²) in [6.45, 7) is 2.09. The second kappa shape index (κ2) is 7.08. The number of fused-ring (bicyclic) bond motifs is 2. The lowest BCUT2D eigenvalue weighted by Crippen LogP contribution is -2.11. The molecule has 0 bridgehead atoms. The lowest BCUT2D eigenvalue weighted by atomic mass is 9.88. The molecule has 0 saturated heterocycles. The van der Waals surface area contributed by atoms with Crippen molar-refractivity contribution in [1.29, 1.82) is 0 Å². The lowest BCUT2D eigenvalue weighted by Gasteiger charge is -2.17. The van der Waals surface area contributed by atoms with Crippen molar-refractivity contribution >= 4 is 16.6 Å². The predicted octanol–water partition coefficient (Wildman–Crippen LogP) is 6.72. The van der Waals surface area contributed by atoms with Crippen LogP contribution in [0.15, 0.2) is 54.6 Å². The van der Waals surface area contributed by atoms with Crippen molar-refractivity contribution in [3.63, 3.8) is 0 Å². The van der Waals surface area contributed by atoms with E-state index >= 15 is 0 Å². The fourth-order valence-corrected chi connectivity index (χ4v) is 4.13. The number of Topliss-reactive ketones (excluding diaryl/α,β-unsaturated/α-hetero) is 1. The molecule has 1 atom stereocenters. The van der Waals surface area contributed by atoms with Crippen LogP contribution in [0.5, 0.6) is 0 Å². The molecule has 0 heterocycles. The van der Waals surface area contributed by atoms with Gasteiger partial charge in [0.15, 0.2) is 5.78 Å². The van der Waals surface area contributed by atoms with E-state index in [2.05, 4.69) is 6.92 Å². The van der Waals surface area contributed by atoms with Crippen LogP contribution >= 0.6 is 0 Å². The molecule has 1 nitrogen and oxygen atoms in total. The van der Waals surface area contributed by atoms with Gasteiger partial charge >= 0.3 is 6.18 Å². The Morgan fingerprint density at radius 2 is 1.82 bits per heavy atom. The van der Waals surface area contributed by atoms with Crippen molar-refractivity contribution in [1.82, 2.24) is 0 Å². The predicted molar refractivity (Wildman–Crippen MR) is 105 cm³/mol. The Balaban J connectivity index is 1.86. The first-order chi connectivity index (χ1) is 13.4. The second-order valence-electron chi connectivity index (χ2n) is 7.50. The number of ketones is 1. The van der Waals surface area contributed by atoms with Gasteiger partial charge in [0.05, 0.1) is 11.5 Å². The number of halogens is 3. The number of hydrogen-bond acceptors (Lipinski definition) is 1. The molecule has 3 aromatic rings. The van der Waals surface area contributed by atoms with Crippen LogP contribution < -0.4 is 0 Å². The maximum absolute atomic E-state index is 13.6. The Hall–Kier alpha value is -2.62. The monoisotopic (exact) mass is 382 g/mol. The van der Waals surface area contributed by atoms with Crippen LogP contribution in [-0.2, 0) is 19.0 Å². The third kappa shape index (κ3) is 3.32. The van der Waals surface area contributed by atoms with Crippen LogP contribution in [0, 0.1) is 0 Å². The van der Waals surface area contributed by atoms with E-state index in [0.29, 0.717) is 22.9 Å². The van der Waals surface area contributed by atoms with Gasteiger partial charge in [0.2, 0.25) is 0 Å². The van der Waals surface area contributed by atoms with Crippen molar-refractivity contribution in [3.8, 4) is 0 Å². The van der Waals surface area contributed by atoms with E-state index in [1.165, 1.54) is 12.1 Å². The molecular formula is C24H21F3O. The van der Waals surface area contributed by atoms with E-state index in [1.807, 2.05) is 30.3 Å². The molecule has 0 radical (unpaired) electrons. The summed E-state index contributed by atoms with van der Waals surface area (Å²) < 4.78 is 40.7. The quantitative estimate of drug-likeness (QED) is 0.489. The van der Waals surface area contributed by atoms with E-state index in [0.717, 1.165) is 35.8 Å². The minimum atomic E-state index is -4.45. The Morgan fingerprint density at radius 3 is 2.54 bits per heavy atom. The summed E-state index contributed by atoms with van der Waals surface area (Å²) in [7, 11) is 0. The molecule has 144 valence electrons. The molecular weight excluding hydrogens is 361 g/mol. The molecule has 0 N–H and O–H groups in total. The smallest absolute Gasteiger partial charge is 0.293 e.